The van der Waals surface area contributed by atoms with Crippen molar-refractivity contribution < 1.29 is 0 Å². The second kappa shape index (κ2) is 15.0. The minimum atomic E-state index is -0.550. The molecule has 0 N–H and O–H groups in total. The van der Waals surface area contributed by atoms with Crippen LogP contribution in [-0.2, 0) is 5.41 Å². The van der Waals surface area contributed by atoms with Crippen LogP contribution in [0.4, 0.5) is 0 Å². The molecule has 1 aliphatic carbocycles. The predicted octanol–water partition coefficient (Wildman–Crippen LogP) is 14.3. The summed E-state index contributed by atoms with van der Waals surface area (Å²) < 4.78 is 0. The maximum Gasteiger partial charge on any atom is 0.164 e. The van der Waals surface area contributed by atoms with E-state index in [1.807, 2.05) is 60.7 Å². The smallest absolute Gasteiger partial charge is 0.164 e. The van der Waals surface area contributed by atoms with Crippen LogP contribution in [-0.4, -0.2) is 19.9 Å². The summed E-state index contributed by atoms with van der Waals surface area (Å²) in [5, 5.41) is 3.41. The fourth-order valence-corrected chi connectivity index (χ4v) is 9.75. The van der Waals surface area contributed by atoms with Crippen molar-refractivity contribution in [3.8, 4) is 67.7 Å². The van der Waals surface area contributed by atoms with Crippen molar-refractivity contribution >= 4 is 21.7 Å². The molecule has 2 aromatic heterocycles. The van der Waals surface area contributed by atoms with Gasteiger partial charge in [-0.1, -0.05) is 206 Å². The minimum absolute atomic E-state index is 0.550. The summed E-state index contributed by atoms with van der Waals surface area (Å²) in [6.07, 6.45) is 0. The van der Waals surface area contributed by atoms with E-state index in [2.05, 4.69) is 170 Å². The lowest BCUT2D eigenvalue weighted by molar-refractivity contribution is 0.769. The highest BCUT2D eigenvalue weighted by Gasteiger charge is 2.46. The zero-order valence-corrected chi connectivity index (χ0v) is 34.2. The molecule has 0 amide bonds. The highest BCUT2D eigenvalue weighted by atomic mass is 15.0. The molecule has 0 aliphatic heterocycles. The Bertz CT molecular complexity index is 3390. The van der Waals surface area contributed by atoms with Crippen LogP contribution >= 0.6 is 0 Å². The van der Waals surface area contributed by atoms with Crippen LogP contribution in [0.15, 0.2) is 231 Å². The molecule has 0 radical (unpaired) electrons. The van der Waals surface area contributed by atoms with E-state index in [0.29, 0.717) is 17.5 Å². The van der Waals surface area contributed by atoms with Crippen molar-refractivity contribution in [2.45, 2.75) is 5.41 Å². The largest absolute Gasteiger partial charge is 0.248 e. The van der Waals surface area contributed by atoms with Crippen molar-refractivity contribution in [3.63, 3.8) is 0 Å². The summed E-state index contributed by atoms with van der Waals surface area (Å²) in [5.41, 5.74) is 14.7. The summed E-state index contributed by atoms with van der Waals surface area (Å²) in [5.74, 6) is 1.88. The van der Waals surface area contributed by atoms with E-state index >= 15 is 0 Å². The molecule has 0 unspecified atom stereocenters. The highest BCUT2D eigenvalue weighted by molar-refractivity contribution is 6.05. The monoisotopic (exact) mass is 802 g/mol. The second-order valence-corrected chi connectivity index (χ2v) is 16.1. The van der Waals surface area contributed by atoms with Crippen molar-refractivity contribution in [2.24, 2.45) is 0 Å². The predicted molar refractivity (Wildman–Crippen MR) is 257 cm³/mol. The first kappa shape index (κ1) is 36.5. The Balaban J connectivity index is 1.13. The molecule has 0 atom stereocenters. The number of aromatic nitrogens is 4. The first-order valence-corrected chi connectivity index (χ1v) is 21.4. The molecule has 9 aromatic carbocycles. The minimum Gasteiger partial charge on any atom is -0.248 e. The molecule has 0 bridgehead atoms. The molecule has 11 aromatic rings. The summed E-state index contributed by atoms with van der Waals surface area (Å²) in [7, 11) is 0. The Hall–Kier alpha value is -8.34. The molecule has 0 spiro atoms. The van der Waals surface area contributed by atoms with Gasteiger partial charge in [-0.2, -0.15) is 0 Å². The normalized spacial score (nSPS) is 12.6. The van der Waals surface area contributed by atoms with Crippen molar-refractivity contribution in [1.82, 2.24) is 19.9 Å². The zero-order chi connectivity index (χ0) is 41.7. The summed E-state index contributed by atoms with van der Waals surface area (Å²) in [6, 6.07) is 81.8. The number of fused-ring (bicyclic) bond motifs is 5. The van der Waals surface area contributed by atoms with E-state index in [1.54, 1.807) is 0 Å². The third-order valence-corrected chi connectivity index (χ3v) is 12.6. The fraction of sp³-hybridized carbons (Fsp3) is 0.0169. The van der Waals surface area contributed by atoms with Crippen LogP contribution in [0, 0.1) is 0 Å². The molecular weight excluding hydrogens is 765 g/mol. The summed E-state index contributed by atoms with van der Waals surface area (Å²) in [6.45, 7) is 0. The molecule has 294 valence electrons. The quantitative estimate of drug-likeness (QED) is 0.161. The topological polar surface area (TPSA) is 51.6 Å². The third kappa shape index (κ3) is 6.07. The molecular formula is C59H38N4. The summed E-state index contributed by atoms with van der Waals surface area (Å²) in [4.78, 5) is 20.8. The van der Waals surface area contributed by atoms with Crippen LogP contribution in [0.25, 0.3) is 89.4 Å². The molecule has 12 rings (SSSR count). The van der Waals surface area contributed by atoms with Crippen LogP contribution < -0.4 is 0 Å². The molecule has 2 heterocycles. The number of nitrogens with zero attached hydrogens (tertiary/aromatic N) is 4. The van der Waals surface area contributed by atoms with Gasteiger partial charge in [0.05, 0.1) is 16.6 Å². The zero-order valence-electron chi connectivity index (χ0n) is 34.2. The van der Waals surface area contributed by atoms with E-state index in [9.17, 15) is 0 Å². The van der Waals surface area contributed by atoms with Crippen LogP contribution in [0.2, 0.25) is 0 Å². The Kier molecular flexibility index (Phi) is 8.68. The number of benzene rings is 9. The lowest BCUT2D eigenvalue weighted by Gasteiger charge is -2.34. The van der Waals surface area contributed by atoms with E-state index in [1.165, 1.54) is 38.8 Å². The Morgan fingerprint density at radius 2 is 0.794 bits per heavy atom. The van der Waals surface area contributed by atoms with Gasteiger partial charge < -0.3 is 0 Å². The SMILES string of the molecule is c1ccc(-c2nc(-c3ccccc3)nc(-c3cccc(-c4cc(-c5cccc6ccccc56)nc5cc6c(cc45)-c4ccccc4C6(c4ccccc4)c4ccccc4)c3)n2)cc1. The molecule has 0 fully saturated rings. The Morgan fingerprint density at radius 3 is 1.48 bits per heavy atom. The maximum absolute atomic E-state index is 5.61. The average molecular weight is 803 g/mol. The van der Waals surface area contributed by atoms with Crippen LogP contribution in [0.5, 0.6) is 0 Å². The van der Waals surface area contributed by atoms with Crippen LogP contribution in [0.3, 0.4) is 0 Å². The van der Waals surface area contributed by atoms with Crippen molar-refractivity contribution in [2.75, 3.05) is 0 Å². The molecule has 0 saturated heterocycles. The van der Waals surface area contributed by atoms with Gasteiger partial charge in [-0.3, -0.25) is 0 Å². The Labute approximate surface area is 365 Å². The molecule has 1 aliphatic rings. The summed E-state index contributed by atoms with van der Waals surface area (Å²) >= 11 is 0. The molecule has 4 nitrogen and oxygen atoms in total. The van der Waals surface area contributed by atoms with E-state index in [-0.39, 0.29) is 0 Å². The van der Waals surface area contributed by atoms with Crippen molar-refractivity contribution in [1.29, 1.82) is 0 Å². The van der Waals surface area contributed by atoms with Gasteiger partial charge in [0, 0.05) is 27.6 Å². The van der Waals surface area contributed by atoms with Gasteiger partial charge in [0.2, 0.25) is 0 Å². The van der Waals surface area contributed by atoms with Crippen LogP contribution in [0.1, 0.15) is 22.3 Å². The van der Waals surface area contributed by atoms with Gasteiger partial charge in [0.15, 0.2) is 17.5 Å². The number of pyridine rings is 1. The highest BCUT2D eigenvalue weighted by Crippen LogP contribution is 2.57. The fourth-order valence-electron chi connectivity index (χ4n) is 9.75. The molecule has 63 heavy (non-hydrogen) atoms. The van der Waals surface area contributed by atoms with Gasteiger partial charge in [-0.05, 0) is 79.5 Å². The Morgan fingerprint density at radius 1 is 0.286 bits per heavy atom. The molecule has 4 heteroatoms. The third-order valence-electron chi connectivity index (χ3n) is 12.6. The van der Waals surface area contributed by atoms with Gasteiger partial charge in [0.25, 0.3) is 0 Å². The molecule has 0 saturated carbocycles. The lowest BCUT2D eigenvalue weighted by Crippen LogP contribution is -2.28. The van der Waals surface area contributed by atoms with Gasteiger partial charge in [-0.25, -0.2) is 19.9 Å². The van der Waals surface area contributed by atoms with Gasteiger partial charge >= 0.3 is 0 Å². The number of hydrogen-bond acceptors (Lipinski definition) is 4. The average Bonchev–Trinajstić information content (AvgIpc) is 3.66. The van der Waals surface area contributed by atoms with Gasteiger partial charge in [-0.15, -0.1) is 0 Å². The maximum atomic E-state index is 5.61. The van der Waals surface area contributed by atoms with E-state index < -0.39 is 5.41 Å². The number of hydrogen-bond donors (Lipinski definition) is 0. The lowest BCUT2D eigenvalue weighted by atomic mass is 9.67. The van der Waals surface area contributed by atoms with Crippen molar-refractivity contribution in [3.05, 3.63) is 253 Å². The van der Waals surface area contributed by atoms with Gasteiger partial charge in [0.1, 0.15) is 0 Å². The first-order valence-electron chi connectivity index (χ1n) is 21.4. The van der Waals surface area contributed by atoms with E-state index in [4.69, 9.17) is 19.9 Å². The standard InChI is InChI=1S/C59H38N4/c1-5-20-40(21-6-1)56-61-57(41-22-7-2-8-23-41)63-58(62-56)43-26-17-25-42(35-43)49-37-54(48-33-18-24-39-19-13-14-31-46(39)48)60-55-38-53-50(36-51(49)55)47-32-15-16-34-52(47)59(53,44-27-9-3-10-28-44)45-29-11-4-12-30-45/h1-38H. The first-order chi connectivity index (χ1) is 31.2. The second-order valence-electron chi connectivity index (χ2n) is 16.1. The van der Waals surface area contributed by atoms with E-state index in [0.717, 1.165) is 55.4 Å². The number of rotatable bonds is 7.